The second-order valence-corrected chi connectivity index (χ2v) is 10.7. The number of hydrogen-bond donors (Lipinski definition) is 2. The molecule has 3 rings (SSSR count). The summed E-state index contributed by atoms with van der Waals surface area (Å²) in [6.07, 6.45) is 1.71. The van der Waals surface area contributed by atoms with E-state index in [9.17, 15) is 18.0 Å². The molecule has 1 saturated heterocycles. The molecule has 9 heteroatoms. The van der Waals surface area contributed by atoms with Gasteiger partial charge >= 0.3 is 0 Å². The molecule has 33 heavy (non-hydrogen) atoms. The van der Waals surface area contributed by atoms with Crippen molar-refractivity contribution in [3.63, 3.8) is 0 Å². The third-order valence-corrected chi connectivity index (χ3v) is 8.02. The Kier molecular flexibility index (Phi) is 8.51. The quantitative estimate of drug-likeness (QED) is 0.591. The number of rotatable bonds is 8. The van der Waals surface area contributed by atoms with Gasteiger partial charge in [0.1, 0.15) is 6.04 Å². The van der Waals surface area contributed by atoms with Crippen molar-refractivity contribution in [2.24, 2.45) is 5.92 Å². The lowest BCUT2D eigenvalue weighted by Crippen LogP contribution is -2.53. The Labute approximate surface area is 200 Å². The lowest BCUT2D eigenvalue weighted by atomic mass is 9.89. The van der Waals surface area contributed by atoms with E-state index in [-0.39, 0.29) is 35.7 Å². The maximum atomic E-state index is 13.0. The molecule has 178 valence electrons. The number of benzene rings is 2. The van der Waals surface area contributed by atoms with Crippen LogP contribution < -0.4 is 10.6 Å². The number of amides is 2. The van der Waals surface area contributed by atoms with Crippen molar-refractivity contribution in [2.75, 3.05) is 19.6 Å². The summed E-state index contributed by atoms with van der Waals surface area (Å²) in [5.74, 6) is -0.730. The van der Waals surface area contributed by atoms with Crippen LogP contribution in [0.4, 0.5) is 0 Å². The molecular weight excluding hydrogens is 462 g/mol. The molecule has 2 aromatic carbocycles. The van der Waals surface area contributed by atoms with Gasteiger partial charge in [-0.1, -0.05) is 36.2 Å². The molecule has 0 saturated carbocycles. The van der Waals surface area contributed by atoms with E-state index in [4.69, 9.17) is 11.6 Å². The standard InChI is InChI=1S/C24H30ClN3O4S/c1-3-14-26-24(30)22(27-23(29)19-6-4-17(2)5-7-19)18-12-15-28(16-13-18)33(31,32)21-10-8-20(25)9-11-21/h4-11,18,22H,3,12-16H2,1-2H3,(H,26,30)(H,27,29). The van der Waals surface area contributed by atoms with Crippen molar-refractivity contribution in [3.05, 3.63) is 64.7 Å². The number of hydrogen-bond acceptors (Lipinski definition) is 4. The highest BCUT2D eigenvalue weighted by molar-refractivity contribution is 7.89. The van der Waals surface area contributed by atoms with E-state index in [1.165, 1.54) is 16.4 Å². The molecule has 1 heterocycles. The lowest BCUT2D eigenvalue weighted by molar-refractivity contribution is -0.124. The number of nitrogens with one attached hydrogen (secondary N) is 2. The fourth-order valence-corrected chi connectivity index (χ4v) is 5.49. The Hall–Kier alpha value is -2.42. The highest BCUT2D eigenvalue weighted by Crippen LogP contribution is 2.27. The molecule has 1 atom stereocenters. The van der Waals surface area contributed by atoms with Crippen LogP contribution in [0.5, 0.6) is 0 Å². The van der Waals surface area contributed by atoms with Gasteiger partial charge in [-0.3, -0.25) is 9.59 Å². The third kappa shape index (κ3) is 6.34. The van der Waals surface area contributed by atoms with Crippen LogP contribution in [0.3, 0.4) is 0 Å². The van der Waals surface area contributed by atoms with E-state index in [2.05, 4.69) is 10.6 Å². The largest absolute Gasteiger partial charge is 0.354 e. The molecule has 1 aliphatic rings. The maximum absolute atomic E-state index is 13.0. The van der Waals surface area contributed by atoms with Crippen LogP contribution >= 0.6 is 11.6 Å². The number of carbonyl (C=O) groups is 2. The summed E-state index contributed by atoms with van der Waals surface area (Å²) in [4.78, 5) is 25.9. The summed E-state index contributed by atoms with van der Waals surface area (Å²) >= 11 is 5.88. The van der Waals surface area contributed by atoms with Gasteiger partial charge in [0.25, 0.3) is 5.91 Å². The molecule has 1 unspecified atom stereocenters. The summed E-state index contributed by atoms with van der Waals surface area (Å²) < 4.78 is 27.4. The van der Waals surface area contributed by atoms with Gasteiger partial charge in [0.2, 0.25) is 15.9 Å². The van der Waals surface area contributed by atoms with Crippen molar-refractivity contribution < 1.29 is 18.0 Å². The van der Waals surface area contributed by atoms with Gasteiger partial charge in [0.15, 0.2) is 0 Å². The Morgan fingerprint density at radius 2 is 1.67 bits per heavy atom. The Morgan fingerprint density at radius 3 is 2.24 bits per heavy atom. The second kappa shape index (κ2) is 11.1. The minimum atomic E-state index is -3.65. The van der Waals surface area contributed by atoms with Gasteiger partial charge in [0, 0.05) is 30.2 Å². The van der Waals surface area contributed by atoms with Gasteiger partial charge in [-0.2, -0.15) is 4.31 Å². The number of carbonyl (C=O) groups excluding carboxylic acids is 2. The zero-order valence-electron chi connectivity index (χ0n) is 18.9. The fraction of sp³-hybridized carbons (Fsp3) is 0.417. The van der Waals surface area contributed by atoms with E-state index in [1.54, 1.807) is 24.3 Å². The molecule has 0 aromatic heterocycles. The molecule has 0 radical (unpaired) electrons. The average Bonchev–Trinajstić information content (AvgIpc) is 2.81. The summed E-state index contributed by atoms with van der Waals surface area (Å²) in [6, 6.07) is 12.5. The van der Waals surface area contributed by atoms with Crippen LogP contribution in [0, 0.1) is 12.8 Å². The van der Waals surface area contributed by atoms with Gasteiger partial charge in [0.05, 0.1) is 4.90 Å². The van der Waals surface area contributed by atoms with Gasteiger partial charge < -0.3 is 10.6 Å². The number of sulfonamides is 1. The molecular formula is C24H30ClN3O4S. The Bertz CT molecular complexity index is 1060. The number of piperidine rings is 1. The SMILES string of the molecule is CCCNC(=O)C(NC(=O)c1ccc(C)cc1)C1CCN(S(=O)(=O)c2ccc(Cl)cc2)CC1. The van der Waals surface area contributed by atoms with E-state index in [1.807, 2.05) is 26.0 Å². The molecule has 2 aromatic rings. The first-order valence-corrected chi connectivity index (χ1v) is 12.9. The van der Waals surface area contributed by atoms with Gasteiger partial charge in [-0.05, 0) is 68.5 Å². The summed E-state index contributed by atoms with van der Waals surface area (Å²) in [6.45, 7) is 4.95. The maximum Gasteiger partial charge on any atom is 0.251 e. The number of aryl methyl sites for hydroxylation is 1. The van der Waals surface area contributed by atoms with Crippen LogP contribution in [0.15, 0.2) is 53.4 Å². The summed E-state index contributed by atoms with van der Waals surface area (Å²) in [5.41, 5.74) is 1.52. The summed E-state index contributed by atoms with van der Waals surface area (Å²) in [5, 5.41) is 6.23. The average molecular weight is 492 g/mol. The topological polar surface area (TPSA) is 95.6 Å². The molecule has 2 amide bonds. The van der Waals surface area contributed by atoms with Crippen LogP contribution in [0.25, 0.3) is 0 Å². The summed E-state index contributed by atoms with van der Waals surface area (Å²) in [7, 11) is -3.65. The van der Waals surface area contributed by atoms with Crippen molar-refractivity contribution >= 4 is 33.4 Å². The third-order valence-electron chi connectivity index (χ3n) is 5.85. The molecule has 7 nitrogen and oxygen atoms in total. The lowest BCUT2D eigenvalue weighted by Gasteiger charge is -2.35. The van der Waals surface area contributed by atoms with Crippen LogP contribution in [-0.2, 0) is 14.8 Å². The second-order valence-electron chi connectivity index (χ2n) is 8.30. The zero-order valence-corrected chi connectivity index (χ0v) is 20.5. The van der Waals surface area contributed by atoms with E-state index < -0.39 is 16.1 Å². The predicted molar refractivity (Wildman–Crippen MR) is 129 cm³/mol. The first-order valence-electron chi connectivity index (χ1n) is 11.1. The van der Waals surface area contributed by atoms with Crippen LogP contribution in [0.2, 0.25) is 5.02 Å². The van der Waals surface area contributed by atoms with Gasteiger partial charge in [-0.15, -0.1) is 0 Å². The minimum absolute atomic E-state index is 0.173. The van der Waals surface area contributed by atoms with E-state index in [0.717, 1.165) is 12.0 Å². The Balaban J connectivity index is 1.71. The van der Waals surface area contributed by atoms with Crippen LogP contribution in [0.1, 0.15) is 42.1 Å². The first-order chi connectivity index (χ1) is 15.7. The molecule has 2 N–H and O–H groups in total. The van der Waals surface area contributed by atoms with Crippen LogP contribution in [-0.4, -0.2) is 50.2 Å². The highest BCUT2D eigenvalue weighted by atomic mass is 35.5. The predicted octanol–water partition coefficient (Wildman–Crippen LogP) is 3.37. The number of nitrogens with zero attached hydrogens (tertiary/aromatic N) is 1. The molecule has 1 fully saturated rings. The first kappa shape index (κ1) is 25.2. The zero-order chi connectivity index (χ0) is 24.0. The highest BCUT2D eigenvalue weighted by Gasteiger charge is 2.36. The van der Waals surface area contributed by atoms with Crippen molar-refractivity contribution in [1.82, 2.24) is 14.9 Å². The Morgan fingerprint density at radius 1 is 1.06 bits per heavy atom. The van der Waals surface area contributed by atoms with E-state index >= 15 is 0 Å². The minimum Gasteiger partial charge on any atom is -0.354 e. The number of halogens is 1. The molecule has 0 aliphatic carbocycles. The normalized spacial score (nSPS) is 16.2. The monoisotopic (exact) mass is 491 g/mol. The van der Waals surface area contributed by atoms with Gasteiger partial charge in [-0.25, -0.2) is 8.42 Å². The fourth-order valence-electron chi connectivity index (χ4n) is 3.89. The van der Waals surface area contributed by atoms with Crippen molar-refractivity contribution in [3.8, 4) is 0 Å². The smallest absolute Gasteiger partial charge is 0.251 e. The molecule has 1 aliphatic heterocycles. The van der Waals surface area contributed by atoms with E-state index in [0.29, 0.717) is 30.0 Å². The van der Waals surface area contributed by atoms with Crippen molar-refractivity contribution in [2.45, 2.75) is 44.0 Å². The molecule has 0 spiro atoms. The van der Waals surface area contributed by atoms with Crippen molar-refractivity contribution in [1.29, 1.82) is 0 Å². The molecule has 0 bridgehead atoms.